The molecule has 3 heterocycles. The molecule has 1 unspecified atom stereocenters. The van der Waals surface area contributed by atoms with E-state index >= 15 is 0 Å². The molecule has 1 atom stereocenters. The molecule has 0 bridgehead atoms. The highest BCUT2D eigenvalue weighted by atomic mass is 79.9. The molecular weight excluding hydrogens is 334 g/mol. The maximum atomic E-state index is 12.1. The van der Waals surface area contributed by atoms with Gasteiger partial charge in [0.25, 0.3) is 5.91 Å². The lowest BCUT2D eigenvalue weighted by molar-refractivity contribution is 0.0738. The van der Waals surface area contributed by atoms with E-state index in [1.807, 2.05) is 0 Å². The van der Waals surface area contributed by atoms with Gasteiger partial charge in [-0.05, 0) is 28.1 Å². The first kappa shape index (κ1) is 12.6. The van der Waals surface area contributed by atoms with Crippen LogP contribution in [0.3, 0.4) is 0 Å². The number of rotatable bonds is 3. The molecule has 0 radical (unpaired) electrons. The number of nitrogens with zero attached hydrogens (tertiary/aromatic N) is 3. The van der Waals surface area contributed by atoms with Crippen LogP contribution in [-0.4, -0.2) is 38.7 Å². The van der Waals surface area contributed by atoms with Crippen LogP contribution in [0, 0.1) is 0 Å². The van der Waals surface area contributed by atoms with Gasteiger partial charge in [-0.2, -0.15) is 4.37 Å². The number of hydrogen-bond acceptors (Lipinski definition) is 6. The van der Waals surface area contributed by atoms with Crippen molar-refractivity contribution in [1.82, 2.24) is 13.6 Å². The number of aromatic nitrogens is 2. The molecule has 19 heavy (non-hydrogen) atoms. The Bertz CT molecular complexity index is 572. The number of hydrogen-bond donors (Lipinski definition) is 0. The zero-order valence-electron chi connectivity index (χ0n) is 9.78. The van der Waals surface area contributed by atoms with Crippen LogP contribution in [-0.2, 0) is 0 Å². The molecule has 1 aliphatic rings. The number of carbonyl (C=O) groups is 1. The Hall–Kier alpha value is -1.41. The summed E-state index contributed by atoms with van der Waals surface area (Å²) in [6, 6.07) is 3.36. The number of amides is 1. The van der Waals surface area contributed by atoms with E-state index in [9.17, 15) is 4.79 Å². The zero-order valence-corrected chi connectivity index (χ0v) is 12.2. The van der Waals surface area contributed by atoms with Crippen LogP contribution in [0.25, 0.3) is 0 Å². The molecule has 0 aliphatic carbocycles. The van der Waals surface area contributed by atoms with Crippen molar-refractivity contribution in [2.45, 2.75) is 12.5 Å². The van der Waals surface area contributed by atoms with Crippen molar-refractivity contribution in [1.29, 1.82) is 0 Å². The summed E-state index contributed by atoms with van der Waals surface area (Å²) in [5.41, 5.74) is 0. The molecule has 6 nitrogen and oxygen atoms in total. The van der Waals surface area contributed by atoms with Crippen LogP contribution >= 0.6 is 27.7 Å². The fourth-order valence-electron chi connectivity index (χ4n) is 1.97. The van der Waals surface area contributed by atoms with Gasteiger partial charge in [-0.25, -0.2) is 0 Å². The van der Waals surface area contributed by atoms with E-state index in [2.05, 4.69) is 24.7 Å². The third kappa shape index (κ3) is 2.79. The van der Waals surface area contributed by atoms with Gasteiger partial charge in [-0.3, -0.25) is 4.79 Å². The molecule has 0 aromatic carbocycles. The molecule has 100 valence electrons. The minimum atomic E-state index is -0.117. The van der Waals surface area contributed by atoms with Crippen molar-refractivity contribution in [3.63, 3.8) is 0 Å². The van der Waals surface area contributed by atoms with Gasteiger partial charge in [-0.15, -0.1) is 4.37 Å². The number of ether oxygens (including phenoxy) is 1. The van der Waals surface area contributed by atoms with Crippen molar-refractivity contribution in [3.05, 3.63) is 28.8 Å². The normalized spacial score (nSPS) is 18.8. The third-order valence-corrected chi connectivity index (χ3v) is 3.73. The lowest BCUT2D eigenvalue weighted by atomic mass is 10.3. The van der Waals surface area contributed by atoms with Gasteiger partial charge in [0.15, 0.2) is 10.4 Å². The molecule has 1 amide bonds. The monoisotopic (exact) mass is 343 g/mol. The van der Waals surface area contributed by atoms with E-state index in [-0.39, 0.29) is 12.0 Å². The minimum Gasteiger partial charge on any atom is -0.471 e. The lowest BCUT2D eigenvalue weighted by Crippen LogP contribution is -2.30. The molecule has 1 aliphatic heterocycles. The highest BCUT2D eigenvalue weighted by Gasteiger charge is 2.30. The summed E-state index contributed by atoms with van der Waals surface area (Å²) in [7, 11) is 0. The Kier molecular flexibility index (Phi) is 3.52. The summed E-state index contributed by atoms with van der Waals surface area (Å²) in [5.74, 6) is 0.737. The van der Waals surface area contributed by atoms with Gasteiger partial charge in [0.05, 0.1) is 18.3 Å². The van der Waals surface area contributed by atoms with Crippen LogP contribution in [0.4, 0.5) is 0 Å². The quantitative estimate of drug-likeness (QED) is 0.854. The number of halogens is 1. The third-order valence-electron chi connectivity index (χ3n) is 2.84. The topological polar surface area (TPSA) is 68.5 Å². The molecule has 0 N–H and O–H groups in total. The van der Waals surface area contributed by atoms with Crippen molar-refractivity contribution in [2.24, 2.45) is 0 Å². The predicted octanol–water partition coefficient (Wildman–Crippen LogP) is 2.19. The van der Waals surface area contributed by atoms with Crippen molar-refractivity contribution in [2.75, 3.05) is 13.1 Å². The highest BCUT2D eigenvalue weighted by Crippen LogP contribution is 2.21. The van der Waals surface area contributed by atoms with Gasteiger partial charge in [0.1, 0.15) is 12.3 Å². The molecule has 1 saturated heterocycles. The highest BCUT2D eigenvalue weighted by molar-refractivity contribution is 9.10. The average molecular weight is 344 g/mol. The SMILES string of the molecule is O=C(c1ccc(Br)o1)N1CCC(Oc2cnsn2)C1. The molecule has 2 aromatic rings. The first-order valence-corrected chi connectivity index (χ1v) is 7.23. The maximum absolute atomic E-state index is 12.1. The zero-order chi connectivity index (χ0) is 13.2. The van der Waals surface area contributed by atoms with E-state index in [1.54, 1.807) is 23.2 Å². The van der Waals surface area contributed by atoms with Crippen molar-refractivity contribution < 1.29 is 13.9 Å². The molecule has 0 spiro atoms. The second kappa shape index (κ2) is 5.30. The van der Waals surface area contributed by atoms with Crippen LogP contribution in [0.5, 0.6) is 5.88 Å². The second-order valence-corrected chi connectivity index (χ2v) is 5.47. The number of carbonyl (C=O) groups excluding carboxylic acids is 1. The van der Waals surface area contributed by atoms with E-state index in [0.717, 1.165) is 18.1 Å². The van der Waals surface area contributed by atoms with Gasteiger partial charge < -0.3 is 14.1 Å². The Balaban J connectivity index is 1.61. The Morgan fingerprint density at radius 2 is 2.47 bits per heavy atom. The van der Waals surface area contributed by atoms with Crippen LogP contribution < -0.4 is 4.74 Å². The first-order chi connectivity index (χ1) is 9.22. The average Bonchev–Trinajstić information content (AvgIpc) is 3.10. The van der Waals surface area contributed by atoms with Gasteiger partial charge in [0, 0.05) is 13.0 Å². The number of likely N-dealkylation sites (tertiary alicyclic amines) is 1. The molecule has 0 saturated carbocycles. The Morgan fingerprint density at radius 1 is 1.58 bits per heavy atom. The predicted molar refractivity (Wildman–Crippen MR) is 71.3 cm³/mol. The maximum Gasteiger partial charge on any atom is 0.289 e. The van der Waals surface area contributed by atoms with Crippen LogP contribution in [0.1, 0.15) is 17.0 Å². The van der Waals surface area contributed by atoms with Crippen molar-refractivity contribution >= 4 is 33.6 Å². The first-order valence-electron chi connectivity index (χ1n) is 5.71. The van der Waals surface area contributed by atoms with Crippen LogP contribution in [0.15, 0.2) is 27.4 Å². The fourth-order valence-corrected chi connectivity index (χ4v) is 2.63. The Morgan fingerprint density at radius 3 is 3.16 bits per heavy atom. The molecule has 3 rings (SSSR count). The smallest absolute Gasteiger partial charge is 0.289 e. The summed E-state index contributed by atoms with van der Waals surface area (Å²) < 4.78 is 19.3. The minimum absolute atomic E-state index is 0.0359. The van der Waals surface area contributed by atoms with Gasteiger partial charge in [-0.1, -0.05) is 0 Å². The van der Waals surface area contributed by atoms with E-state index in [0.29, 0.717) is 29.4 Å². The largest absolute Gasteiger partial charge is 0.471 e. The summed E-state index contributed by atoms with van der Waals surface area (Å²) in [6.45, 7) is 1.19. The summed E-state index contributed by atoms with van der Waals surface area (Å²) in [6.07, 6.45) is 2.33. The van der Waals surface area contributed by atoms with Crippen molar-refractivity contribution in [3.8, 4) is 5.88 Å². The van der Waals surface area contributed by atoms with E-state index in [1.165, 1.54) is 0 Å². The lowest BCUT2D eigenvalue weighted by Gasteiger charge is -2.14. The second-order valence-electron chi connectivity index (χ2n) is 4.13. The van der Waals surface area contributed by atoms with Crippen LogP contribution in [0.2, 0.25) is 0 Å². The summed E-state index contributed by atoms with van der Waals surface area (Å²) in [4.78, 5) is 13.9. The number of furan rings is 1. The fraction of sp³-hybridized carbons (Fsp3) is 0.364. The Labute approximate surface area is 121 Å². The molecule has 1 fully saturated rings. The standard InChI is InChI=1S/C11H10BrN3O3S/c12-9-2-1-8(18-9)11(16)15-4-3-7(6-15)17-10-5-13-19-14-10/h1-2,5,7H,3-4,6H2. The molecular formula is C11H10BrN3O3S. The molecule has 8 heteroatoms. The van der Waals surface area contributed by atoms with E-state index in [4.69, 9.17) is 9.15 Å². The summed E-state index contributed by atoms with van der Waals surface area (Å²) in [5, 5.41) is 0. The van der Waals surface area contributed by atoms with Gasteiger partial charge >= 0.3 is 0 Å². The van der Waals surface area contributed by atoms with E-state index < -0.39 is 0 Å². The summed E-state index contributed by atoms with van der Waals surface area (Å²) >= 11 is 4.29. The molecule has 2 aromatic heterocycles. The van der Waals surface area contributed by atoms with Gasteiger partial charge in [0.2, 0.25) is 5.88 Å².